The Morgan fingerprint density at radius 3 is 2.29 bits per heavy atom. The summed E-state index contributed by atoms with van der Waals surface area (Å²) in [6, 6.07) is 18.9. The van der Waals surface area contributed by atoms with Gasteiger partial charge in [0.15, 0.2) is 0 Å². The first kappa shape index (κ1) is 28.9. The summed E-state index contributed by atoms with van der Waals surface area (Å²) in [6.07, 6.45) is 1.85. The number of carbonyl (C=O) groups is 2. The maximum Gasteiger partial charge on any atom is 0.338 e. The summed E-state index contributed by atoms with van der Waals surface area (Å²) in [4.78, 5) is 25.5. The minimum absolute atomic E-state index is 0.0373. The molecule has 0 aliphatic rings. The molecule has 38 heavy (non-hydrogen) atoms. The van der Waals surface area contributed by atoms with Crippen molar-refractivity contribution in [3.05, 3.63) is 89.5 Å². The number of aryl methyl sites for hydroxylation is 1. The molecule has 0 spiro atoms. The summed E-state index contributed by atoms with van der Waals surface area (Å²) < 4.78 is 39.8. The number of anilines is 1. The van der Waals surface area contributed by atoms with Gasteiger partial charge in [-0.2, -0.15) is 4.72 Å². The lowest BCUT2D eigenvalue weighted by Crippen LogP contribution is -2.45. The minimum atomic E-state index is -4.03. The topological polar surface area (TPSA) is 111 Å². The first-order chi connectivity index (χ1) is 18.2. The second-order valence-electron chi connectivity index (χ2n) is 8.78. The molecule has 0 unspecified atom stereocenters. The van der Waals surface area contributed by atoms with Gasteiger partial charge in [0.25, 0.3) is 0 Å². The molecule has 0 aliphatic carbocycles. The normalized spacial score (nSPS) is 12.0. The largest absolute Gasteiger partial charge is 0.494 e. The predicted molar refractivity (Wildman–Crippen MR) is 147 cm³/mol. The molecule has 0 heterocycles. The van der Waals surface area contributed by atoms with Crippen molar-refractivity contribution < 1.29 is 27.5 Å². The van der Waals surface area contributed by atoms with Crippen molar-refractivity contribution in [3.8, 4) is 5.75 Å². The van der Waals surface area contributed by atoms with E-state index in [1.807, 2.05) is 44.2 Å². The Kier molecular flexibility index (Phi) is 10.4. The molecule has 3 aromatic rings. The van der Waals surface area contributed by atoms with Crippen molar-refractivity contribution in [1.82, 2.24) is 4.72 Å². The summed E-state index contributed by atoms with van der Waals surface area (Å²) in [5.41, 5.74) is 2.26. The van der Waals surface area contributed by atoms with E-state index in [4.69, 9.17) is 9.47 Å². The molecule has 0 fully saturated rings. The second kappa shape index (κ2) is 13.7. The maximum absolute atomic E-state index is 13.3. The monoisotopic (exact) mass is 538 g/mol. The fraction of sp³-hybridized carbons (Fsp3) is 0.310. The van der Waals surface area contributed by atoms with Gasteiger partial charge in [0.05, 0.1) is 23.7 Å². The standard InChI is InChI=1S/C29H34N2O6S/c1-4-6-18-37-29(33)23-12-14-24(15-13-23)30-28(32)26(20-22-10-8-7-9-11-22)31-38(34,35)25-16-17-27(36-5-2)21(3)19-25/h7-17,19,26,31H,4-6,18,20H2,1-3H3,(H,30,32)/t26-/m0/s1. The number of unbranched alkanes of at least 4 members (excludes halogenated alkanes) is 1. The third-order valence-electron chi connectivity index (χ3n) is 5.77. The number of sulfonamides is 1. The molecule has 8 nitrogen and oxygen atoms in total. The molecule has 9 heteroatoms. The number of esters is 1. The van der Waals surface area contributed by atoms with Gasteiger partial charge >= 0.3 is 5.97 Å². The van der Waals surface area contributed by atoms with Crippen LogP contribution in [-0.4, -0.2) is 39.5 Å². The molecule has 3 rings (SSSR count). The lowest BCUT2D eigenvalue weighted by molar-refractivity contribution is -0.117. The van der Waals surface area contributed by atoms with Gasteiger partial charge in [-0.3, -0.25) is 4.79 Å². The van der Waals surface area contributed by atoms with Crippen LogP contribution in [0.25, 0.3) is 0 Å². The molecule has 1 atom stereocenters. The zero-order valence-electron chi connectivity index (χ0n) is 21.9. The van der Waals surface area contributed by atoms with Crippen LogP contribution in [0, 0.1) is 6.92 Å². The van der Waals surface area contributed by atoms with Gasteiger partial charge in [-0.15, -0.1) is 0 Å². The van der Waals surface area contributed by atoms with Crippen LogP contribution in [0.15, 0.2) is 77.7 Å². The zero-order valence-corrected chi connectivity index (χ0v) is 22.7. The molecular formula is C29H34N2O6S. The average molecular weight is 539 g/mol. The summed E-state index contributed by atoms with van der Waals surface area (Å²) in [5, 5.41) is 2.75. The highest BCUT2D eigenvalue weighted by atomic mass is 32.2. The van der Waals surface area contributed by atoms with Crippen LogP contribution in [0.2, 0.25) is 0 Å². The molecule has 0 bridgehead atoms. The molecular weight excluding hydrogens is 504 g/mol. The highest BCUT2D eigenvalue weighted by Crippen LogP contribution is 2.22. The molecule has 0 radical (unpaired) electrons. The fourth-order valence-electron chi connectivity index (χ4n) is 3.71. The van der Waals surface area contributed by atoms with E-state index >= 15 is 0 Å². The van der Waals surface area contributed by atoms with Gasteiger partial charge in [-0.25, -0.2) is 13.2 Å². The number of benzene rings is 3. The van der Waals surface area contributed by atoms with E-state index in [0.717, 1.165) is 18.4 Å². The van der Waals surface area contributed by atoms with Gasteiger partial charge in [0, 0.05) is 5.69 Å². The molecule has 3 aromatic carbocycles. The Balaban J connectivity index is 1.78. The molecule has 0 aliphatic heterocycles. The summed E-state index contributed by atoms with van der Waals surface area (Å²) in [6.45, 7) is 6.44. The van der Waals surface area contributed by atoms with E-state index < -0.39 is 27.9 Å². The Hall–Kier alpha value is -3.69. The quantitative estimate of drug-likeness (QED) is 0.237. The van der Waals surface area contributed by atoms with E-state index in [1.165, 1.54) is 12.1 Å². The number of amides is 1. The van der Waals surface area contributed by atoms with Gasteiger partial charge in [-0.1, -0.05) is 43.7 Å². The Labute approximate surface area is 224 Å². The fourth-order valence-corrected chi connectivity index (χ4v) is 4.99. The van der Waals surface area contributed by atoms with E-state index in [1.54, 1.807) is 37.3 Å². The molecule has 0 saturated heterocycles. The van der Waals surface area contributed by atoms with Crippen LogP contribution in [0.4, 0.5) is 5.69 Å². The van der Waals surface area contributed by atoms with Crippen LogP contribution in [0.1, 0.15) is 48.2 Å². The van der Waals surface area contributed by atoms with Crippen LogP contribution >= 0.6 is 0 Å². The third-order valence-corrected chi connectivity index (χ3v) is 7.24. The molecule has 202 valence electrons. The molecule has 1 amide bonds. The lowest BCUT2D eigenvalue weighted by atomic mass is 10.1. The van der Waals surface area contributed by atoms with Crippen molar-refractivity contribution in [2.75, 3.05) is 18.5 Å². The Morgan fingerprint density at radius 2 is 1.66 bits per heavy atom. The highest BCUT2D eigenvalue weighted by molar-refractivity contribution is 7.89. The Morgan fingerprint density at radius 1 is 0.947 bits per heavy atom. The van der Waals surface area contributed by atoms with Gasteiger partial charge in [-0.05, 0) is 80.3 Å². The molecule has 0 aromatic heterocycles. The van der Waals surface area contributed by atoms with E-state index in [0.29, 0.717) is 35.8 Å². The highest BCUT2D eigenvalue weighted by Gasteiger charge is 2.27. The minimum Gasteiger partial charge on any atom is -0.494 e. The second-order valence-corrected chi connectivity index (χ2v) is 10.5. The van der Waals surface area contributed by atoms with Crippen LogP contribution in [0.3, 0.4) is 0 Å². The van der Waals surface area contributed by atoms with Crippen molar-refractivity contribution in [1.29, 1.82) is 0 Å². The van der Waals surface area contributed by atoms with E-state index in [9.17, 15) is 18.0 Å². The van der Waals surface area contributed by atoms with Crippen LogP contribution in [-0.2, 0) is 26.0 Å². The number of rotatable bonds is 13. The third kappa shape index (κ3) is 8.16. The number of ether oxygens (including phenoxy) is 2. The van der Waals surface area contributed by atoms with E-state index in [2.05, 4.69) is 10.0 Å². The number of nitrogens with one attached hydrogen (secondary N) is 2. The summed E-state index contributed by atoms with van der Waals surface area (Å²) in [5.74, 6) is -0.363. The first-order valence-corrected chi connectivity index (χ1v) is 14.1. The summed E-state index contributed by atoms with van der Waals surface area (Å²) >= 11 is 0. The van der Waals surface area contributed by atoms with Gasteiger partial charge in [0.1, 0.15) is 11.8 Å². The molecule has 0 saturated carbocycles. The first-order valence-electron chi connectivity index (χ1n) is 12.6. The zero-order chi connectivity index (χ0) is 27.5. The van der Waals surface area contributed by atoms with E-state index in [-0.39, 0.29) is 11.3 Å². The number of hydrogen-bond donors (Lipinski definition) is 2. The van der Waals surface area contributed by atoms with Crippen LogP contribution < -0.4 is 14.8 Å². The molecule has 2 N–H and O–H groups in total. The smallest absolute Gasteiger partial charge is 0.338 e. The van der Waals surface area contributed by atoms with Gasteiger partial charge < -0.3 is 14.8 Å². The Bertz CT molecular complexity index is 1320. The maximum atomic E-state index is 13.3. The lowest BCUT2D eigenvalue weighted by Gasteiger charge is -2.19. The van der Waals surface area contributed by atoms with Crippen molar-refractivity contribution in [3.63, 3.8) is 0 Å². The van der Waals surface area contributed by atoms with Gasteiger partial charge in [0.2, 0.25) is 15.9 Å². The SMILES string of the molecule is CCCCOC(=O)c1ccc(NC(=O)[C@H](Cc2ccccc2)NS(=O)(=O)c2ccc(OCC)c(C)c2)cc1. The number of hydrogen-bond acceptors (Lipinski definition) is 6. The number of carbonyl (C=O) groups excluding carboxylic acids is 2. The van der Waals surface area contributed by atoms with Crippen molar-refractivity contribution in [2.24, 2.45) is 0 Å². The van der Waals surface area contributed by atoms with Crippen molar-refractivity contribution >= 4 is 27.6 Å². The predicted octanol–water partition coefficient (Wildman–Crippen LogP) is 4.88. The van der Waals surface area contributed by atoms with Crippen molar-refractivity contribution in [2.45, 2.75) is 51.0 Å². The average Bonchev–Trinajstić information content (AvgIpc) is 2.90. The summed E-state index contributed by atoms with van der Waals surface area (Å²) in [7, 11) is -4.03. The van der Waals surface area contributed by atoms with Crippen LogP contribution in [0.5, 0.6) is 5.75 Å².